The molecule has 14 nitrogen and oxygen atoms in total. The molecule has 0 spiro atoms. The van der Waals surface area contributed by atoms with Crippen LogP contribution in [0.3, 0.4) is 0 Å². The lowest BCUT2D eigenvalue weighted by molar-refractivity contribution is -0.273. The minimum Gasteiger partial charge on any atom is -0.530 e. The number of aliphatic hydroxyl groups is 1. The van der Waals surface area contributed by atoms with Crippen LogP contribution in [0.5, 0.6) is 11.5 Å². The molecule has 0 aliphatic carbocycles. The summed E-state index contributed by atoms with van der Waals surface area (Å²) in [5, 5.41) is 27.9. The highest BCUT2D eigenvalue weighted by Crippen LogP contribution is 2.38. The zero-order chi connectivity index (χ0) is 36.1. The van der Waals surface area contributed by atoms with Gasteiger partial charge in [0.05, 0.1) is 36.3 Å². The summed E-state index contributed by atoms with van der Waals surface area (Å²) in [6.45, 7) is 8.94. The minimum absolute atomic E-state index is 0.0362. The van der Waals surface area contributed by atoms with Crippen LogP contribution < -0.4 is 19.9 Å². The van der Waals surface area contributed by atoms with Crippen molar-refractivity contribution in [2.24, 2.45) is 11.3 Å². The number of urea groups is 1. The number of hydrogen-bond donors (Lipinski definition) is 2. The number of hydrogen-bond acceptors (Lipinski definition) is 10. The van der Waals surface area contributed by atoms with Crippen LogP contribution in [0.1, 0.15) is 46.1 Å². The highest BCUT2D eigenvalue weighted by molar-refractivity contribution is 7.89. The van der Waals surface area contributed by atoms with Gasteiger partial charge in [0, 0.05) is 44.7 Å². The van der Waals surface area contributed by atoms with Crippen molar-refractivity contribution in [2.75, 3.05) is 52.7 Å². The van der Waals surface area contributed by atoms with Gasteiger partial charge in [0.1, 0.15) is 6.09 Å². The smallest absolute Gasteiger partial charge is 0.317 e. The van der Waals surface area contributed by atoms with Crippen molar-refractivity contribution in [1.29, 1.82) is 0 Å². The molecule has 2 saturated heterocycles. The standard InChI is InChI=1S/C35H50N4O10S/c1-5-37(6-2)33(41)36-16-15-35(3,4)22-38(50(44,45)25-12-13-30-31(19-25)49-23-48-30)20-29(40)27(18-24-10-8-7-9-11-24)39(34(42)43)28-21-47-32-26(28)14-17-46-32/h7-13,19,26-29,32,40H,5-6,14-18,20-23H2,1-4H3,(H,36,41)(H,42,43)/p-1/t26-,27-,28-,29+,32+/m0/s1. The number of nitrogens with zero attached hydrogens (tertiary/aromatic N) is 3. The number of fused-ring (bicyclic) bond motifs is 2. The van der Waals surface area contributed by atoms with Crippen molar-refractivity contribution in [3.8, 4) is 11.5 Å². The third-order valence-corrected chi connectivity index (χ3v) is 11.6. The van der Waals surface area contributed by atoms with Gasteiger partial charge in [0.2, 0.25) is 16.8 Å². The Kier molecular flexibility index (Phi) is 12.2. The normalized spacial score (nSPS) is 21.1. The van der Waals surface area contributed by atoms with Gasteiger partial charge in [-0.25, -0.2) is 13.2 Å². The Hall–Kier alpha value is -3.63. The van der Waals surface area contributed by atoms with Crippen molar-refractivity contribution < 1.29 is 47.2 Å². The topological polar surface area (TPSA) is 170 Å². The number of amides is 3. The Balaban J connectivity index is 1.45. The van der Waals surface area contributed by atoms with Crippen LogP contribution in [0, 0.1) is 11.3 Å². The number of carbonyl (C=O) groups is 2. The predicted octanol–water partition coefficient (Wildman–Crippen LogP) is 2.25. The van der Waals surface area contributed by atoms with Crippen molar-refractivity contribution in [3.05, 3.63) is 54.1 Å². The number of benzene rings is 2. The molecule has 2 N–H and O–H groups in total. The number of rotatable bonds is 16. The van der Waals surface area contributed by atoms with Crippen LogP contribution in [0.4, 0.5) is 9.59 Å². The minimum atomic E-state index is -4.28. The van der Waals surface area contributed by atoms with E-state index in [0.29, 0.717) is 44.8 Å². The van der Waals surface area contributed by atoms with Gasteiger partial charge < -0.3 is 49.1 Å². The molecule has 0 unspecified atom stereocenters. The summed E-state index contributed by atoms with van der Waals surface area (Å²) in [4.78, 5) is 28.3. The van der Waals surface area contributed by atoms with Gasteiger partial charge in [0.25, 0.3) is 0 Å². The molecule has 3 aliphatic rings. The van der Waals surface area contributed by atoms with E-state index >= 15 is 0 Å². The Bertz CT molecular complexity index is 1570. The first-order valence-corrected chi connectivity index (χ1v) is 18.7. The second-order valence-corrected chi connectivity index (χ2v) is 15.7. The van der Waals surface area contributed by atoms with Crippen LogP contribution in [-0.4, -0.2) is 117 Å². The van der Waals surface area contributed by atoms with E-state index in [0.717, 1.165) is 10.5 Å². The molecule has 3 heterocycles. The number of nitrogens with one attached hydrogen (secondary N) is 1. The van der Waals surface area contributed by atoms with E-state index in [1.54, 1.807) is 4.90 Å². The predicted molar refractivity (Wildman–Crippen MR) is 181 cm³/mol. The molecule has 0 radical (unpaired) electrons. The van der Waals surface area contributed by atoms with Gasteiger partial charge in [-0.3, -0.25) is 0 Å². The SMILES string of the molecule is CCN(CC)C(=O)NCCC(C)(C)CN(C[C@@H](O)[C@H](Cc1ccccc1)N(C(=O)[O-])[C@H]1CO[C@H]2OCC[C@H]21)S(=O)(=O)c1ccc2c(c1)OCO2. The molecule has 50 heavy (non-hydrogen) atoms. The quantitative estimate of drug-likeness (QED) is 0.263. The van der Waals surface area contributed by atoms with Gasteiger partial charge in [-0.05, 0) is 56.2 Å². The fraction of sp³-hybridized carbons (Fsp3) is 0.600. The lowest BCUT2D eigenvalue weighted by Crippen LogP contribution is -2.61. The van der Waals surface area contributed by atoms with E-state index in [9.17, 15) is 28.2 Å². The first-order chi connectivity index (χ1) is 23.8. The van der Waals surface area contributed by atoms with Crippen LogP contribution in [0.2, 0.25) is 0 Å². The second kappa shape index (κ2) is 16.1. The van der Waals surface area contributed by atoms with E-state index < -0.39 is 52.6 Å². The van der Waals surface area contributed by atoms with Crippen molar-refractivity contribution in [3.63, 3.8) is 0 Å². The van der Waals surface area contributed by atoms with E-state index in [4.69, 9.17) is 18.9 Å². The summed E-state index contributed by atoms with van der Waals surface area (Å²) >= 11 is 0. The molecule has 3 aliphatic heterocycles. The maximum atomic E-state index is 14.4. The molecule has 5 rings (SSSR count). The molecule has 0 saturated carbocycles. The third kappa shape index (κ3) is 8.62. The molecule has 2 fully saturated rings. The van der Waals surface area contributed by atoms with Crippen LogP contribution >= 0.6 is 0 Å². The van der Waals surface area contributed by atoms with Gasteiger partial charge in [0.15, 0.2) is 17.8 Å². The first-order valence-electron chi connectivity index (χ1n) is 17.2. The first kappa shape index (κ1) is 37.6. The average Bonchev–Trinajstić information content (AvgIpc) is 3.83. The highest BCUT2D eigenvalue weighted by atomic mass is 32.2. The molecule has 5 atom stereocenters. The number of carboxylic acid groups (broad SMARTS) is 1. The van der Waals surface area contributed by atoms with Gasteiger partial charge in [-0.15, -0.1) is 0 Å². The summed E-state index contributed by atoms with van der Waals surface area (Å²) in [5.41, 5.74) is 0.0754. The van der Waals surface area contributed by atoms with Gasteiger partial charge in [-0.2, -0.15) is 4.31 Å². The molecule has 2 aromatic carbocycles. The second-order valence-electron chi connectivity index (χ2n) is 13.7. The number of sulfonamides is 1. The number of aliphatic hydroxyl groups excluding tert-OH is 1. The summed E-state index contributed by atoms with van der Waals surface area (Å²) in [6.07, 6.45) is -2.41. The fourth-order valence-corrected chi connectivity index (χ4v) is 8.63. The van der Waals surface area contributed by atoms with Crippen LogP contribution in [0.15, 0.2) is 53.4 Å². The summed E-state index contributed by atoms with van der Waals surface area (Å²) in [6, 6.07) is 11.5. The summed E-state index contributed by atoms with van der Waals surface area (Å²) < 4.78 is 52.4. The van der Waals surface area contributed by atoms with E-state index in [1.807, 2.05) is 58.0 Å². The van der Waals surface area contributed by atoms with Gasteiger partial charge in [-0.1, -0.05) is 44.2 Å². The zero-order valence-electron chi connectivity index (χ0n) is 29.2. The highest BCUT2D eigenvalue weighted by Gasteiger charge is 2.47. The molecule has 3 amide bonds. The van der Waals surface area contributed by atoms with E-state index in [-0.39, 0.29) is 49.0 Å². The molecule has 2 aromatic rings. The Morgan fingerprint density at radius 2 is 1.78 bits per heavy atom. The van der Waals surface area contributed by atoms with Crippen molar-refractivity contribution in [2.45, 2.75) is 76.3 Å². The Morgan fingerprint density at radius 1 is 1.06 bits per heavy atom. The third-order valence-electron chi connectivity index (χ3n) is 9.77. The molecule has 276 valence electrons. The Morgan fingerprint density at radius 3 is 2.48 bits per heavy atom. The maximum Gasteiger partial charge on any atom is 0.317 e. The van der Waals surface area contributed by atoms with Crippen molar-refractivity contribution >= 4 is 22.1 Å². The van der Waals surface area contributed by atoms with Crippen molar-refractivity contribution in [1.82, 2.24) is 19.4 Å². The Labute approximate surface area is 294 Å². The fourth-order valence-electron chi connectivity index (χ4n) is 6.97. The molecule has 15 heteroatoms. The largest absolute Gasteiger partial charge is 0.530 e. The maximum absolute atomic E-state index is 14.4. The average molecular weight is 718 g/mol. The molecular weight excluding hydrogens is 668 g/mol. The van der Waals surface area contributed by atoms with Gasteiger partial charge >= 0.3 is 6.03 Å². The van der Waals surface area contributed by atoms with E-state index in [1.165, 1.54) is 22.5 Å². The lowest BCUT2D eigenvalue weighted by Gasteiger charge is -2.43. The number of carbonyl (C=O) groups excluding carboxylic acids is 2. The molecule has 0 aromatic heterocycles. The monoisotopic (exact) mass is 717 g/mol. The van der Waals surface area contributed by atoms with Crippen LogP contribution in [-0.2, 0) is 25.9 Å². The summed E-state index contributed by atoms with van der Waals surface area (Å²) in [7, 11) is -4.28. The number of ether oxygens (including phenoxy) is 4. The summed E-state index contributed by atoms with van der Waals surface area (Å²) in [5.74, 6) is 0.447. The van der Waals surface area contributed by atoms with Crippen LogP contribution in [0.25, 0.3) is 0 Å². The molecule has 0 bridgehead atoms. The lowest BCUT2D eigenvalue weighted by atomic mass is 9.89. The molecular formula is C35H49N4O10S-. The van der Waals surface area contributed by atoms with E-state index in [2.05, 4.69) is 5.32 Å². The zero-order valence-corrected chi connectivity index (χ0v) is 30.0.